The van der Waals surface area contributed by atoms with Crippen molar-refractivity contribution in [3.8, 4) is 11.5 Å². The van der Waals surface area contributed by atoms with Crippen LogP contribution in [0.5, 0.6) is 11.5 Å². The van der Waals surface area contributed by atoms with Crippen LogP contribution in [-0.4, -0.2) is 42.6 Å². The summed E-state index contributed by atoms with van der Waals surface area (Å²) in [6.07, 6.45) is -0.183. The molecule has 0 aliphatic heterocycles. The van der Waals surface area contributed by atoms with Gasteiger partial charge in [-0.3, -0.25) is 19.2 Å². The first kappa shape index (κ1) is 32.1. The molecule has 208 valence electrons. The van der Waals surface area contributed by atoms with E-state index in [1.54, 1.807) is 19.9 Å². The zero-order valence-corrected chi connectivity index (χ0v) is 23.4. The quantitative estimate of drug-likeness (QED) is 0.282. The molecule has 0 saturated heterocycles. The Morgan fingerprint density at radius 2 is 1.32 bits per heavy atom. The maximum atomic E-state index is 12.5. The normalized spacial score (nSPS) is 13.7. The molecule has 0 bridgehead atoms. The number of hydrogen-bond donors (Lipinski definition) is 1. The summed E-state index contributed by atoms with van der Waals surface area (Å²) in [5.41, 5.74) is 6.65. The summed E-state index contributed by atoms with van der Waals surface area (Å²) in [6.45, 7) is 14.7. The van der Waals surface area contributed by atoms with Gasteiger partial charge in [0.25, 0.3) is 0 Å². The molecule has 0 aliphatic rings. The predicted molar refractivity (Wildman–Crippen MR) is 139 cm³/mol. The van der Waals surface area contributed by atoms with E-state index in [1.807, 2.05) is 41.5 Å². The first-order chi connectivity index (χ1) is 17.2. The van der Waals surface area contributed by atoms with Gasteiger partial charge in [0.1, 0.15) is 18.8 Å². The summed E-state index contributed by atoms with van der Waals surface area (Å²) in [6, 6.07) is 3.67. The minimum absolute atomic E-state index is 0.0687. The first-order valence-corrected chi connectivity index (χ1v) is 12.9. The van der Waals surface area contributed by atoms with Gasteiger partial charge in [-0.25, -0.2) is 0 Å². The van der Waals surface area contributed by atoms with Gasteiger partial charge in [0.05, 0.1) is 5.92 Å². The second-order valence-electron chi connectivity index (χ2n) is 10.6. The molecule has 0 fully saturated rings. The van der Waals surface area contributed by atoms with Crippen molar-refractivity contribution < 1.29 is 38.1 Å². The third-order valence-electron chi connectivity index (χ3n) is 5.51. The maximum absolute atomic E-state index is 12.5. The van der Waals surface area contributed by atoms with Gasteiger partial charge in [0.15, 0.2) is 11.5 Å². The van der Waals surface area contributed by atoms with E-state index in [1.165, 1.54) is 12.1 Å². The summed E-state index contributed by atoms with van der Waals surface area (Å²) in [4.78, 5) is 49.0. The van der Waals surface area contributed by atoms with Gasteiger partial charge in [0.2, 0.25) is 0 Å². The molecule has 37 heavy (non-hydrogen) atoms. The molecule has 1 aromatic carbocycles. The topological polar surface area (TPSA) is 131 Å². The standard InChI is InChI=1S/C28H43NO8/c1-16(2)11-25(30)36-23-10-9-21(14-24(23)37-26(31)12-17(3)4)13-22(29)28(33)35-19(7)15-34-27(32)20(8)18(5)6/h9-10,14,16-20,22H,11-13,15,29H2,1-8H3/t19-,20?,22-/m0/s1. The highest BCUT2D eigenvalue weighted by Gasteiger charge is 2.23. The van der Waals surface area contributed by atoms with E-state index in [-0.39, 0.29) is 67.0 Å². The molecular weight excluding hydrogens is 478 g/mol. The highest BCUT2D eigenvalue weighted by Crippen LogP contribution is 2.30. The fourth-order valence-electron chi connectivity index (χ4n) is 3.10. The fraction of sp³-hybridized carbons (Fsp3) is 0.643. The van der Waals surface area contributed by atoms with E-state index in [4.69, 9.17) is 24.7 Å². The van der Waals surface area contributed by atoms with Crippen molar-refractivity contribution in [2.24, 2.45) is 29.4 Å². The van der Waals surface area contributed by atoms with Crippen LogP contribution < -0.4 is 15.2 Å². The van der Waals surface area contributed by atoms with E-state index in [2.05, 4.69) is 0 Å². The van der Waals surface area contributed by atoms with Crippen LogP contribution >= 0.6 is 0 Å². The number of ether oxygens (including phenoxy) is 4. The van der Waals surface area contributed by atoms with Crippen molar-refractivity contribution in [2.75, 3.05) is 6.61 Å². The number of esters is 4. The Bertz CT molecular complexity index is 925. The van der Waals surface area contributed by atoms with Gasteiger partial charge >= 0.3 is 23.9 Å². The lowest BCUT2D eigenvalue weighted by molar-refractivity contribution is -0.161. The lowest BCUT2D eigenvalue weighted by atomic mass is 9.99. The van der Waals surface area contributed by atoms with Crippen LogP contribution in [0.3, 0.4) is 0 Å². The summed E-state index contributed by atoms with van der Waals surface area (Å²) < 4.78 is 21.5. The molecule has 9 heteroatoms. The van der Waals surface area contributed by atoms with Gasteiger partial charge in [-0.15, -0.1) is 0 Å². The minimum atomic E-state index is -1.01. The minimum Gasteiger partial charge on any atom is -0.462 e. The van der Waals surface area contributed by atoms with Crippen molar-refractivity contribution >= 4 is 23.9 Å². The first-order valence-electron chi connectivity index (χ1n) is 12.9. The van der Waals surface area contributed by atoms with Crippen molar-refractivity contribution in [3.05, 3.63) is 23.8 Å². The maximum Gasteiger partial charge on any atom is 0.323 e. The van der Waals surface area contributed by atoms with Crippen molar-refractivity contribution in [1.29, 1.82) is 0 Å². The molecule has 9 nitrogen and oxygen atoms in total. The predicted octanol–water partition coefficient (Wildman–Crippen LogP) is 4.23. The van der Waals surface area contributed by atoms with Gasteiger partial charge < -0.3 is 24.7 Å². The van der Waals surface area contributed by atoms with Crippen LogP contribution in [0, 0.1) is 23.7 Å². The van der Waals surface area contributed by atoms with Crippen LogP contribution in [0.4, 0.5) is 0 Å². The average molecular weight is 522 g/mol. The SMILES string of the molecule is CC(C)CC(=O)Oc1ccc(C[C@H](N)C(=O)O[C@@H](C)COC(=O)C(C)C(C)C)cc1OC(=O)CC(C)C. The molecule has 1 rings (SSSR count). The van der Waals surface area contributed by atoms with E-state index >= 15 is 0 Å². The number of carbonyl (C=O) groups is 4. The molecule has 3 atom stereocenters. The molecule has 0 spiro atoms. The fourth-order valence-corrected chi connectivity index (χ4v) is 3.10. The smallest absolute Gasteiger partial charge is 0.323 e. The molecule has 1 aromatic rings. The van der Waals surface area contributed by atoms with Crippen LogP contribution in [0.1, 0.15) is 73.8 Å². The Morgan fingerprint density at radius 1 is 0.784 bits per heavy atom. The van der Waals surface area contributed by atoms with Crippen LogP contribution in [0.2, 0.25) is 0 Å². The molecule has 0 heterocycles. The molecule has 0 aliphatic carbocycles. The monoisotopic (exact) mass is 521 g/mol. The lowest BCUT2D eigenvalue weighted by Crippen LogP contribution is -2.37. The highest BCUT2D eigenvalue weighted by atomic mass is 16.6. The average Bonchev–Trinajstić information content (AvgIpc) is 2.77. The lowest BCUT2D eigenvalue weighted by Gasteiger charge is -2.19. The summed E-state index contributed by atoms with van der Waals surface area (Å²) >= 11 is 0. The Hall–Kier alpha value is -2.94. The van der Waals surface area contributed by atoms with Gasteiger partial charge in [-0.2, -0.15) is 0 Å². The molecule has 0 saturated carbocycles. The molecule has 0 amide bonds. The van der Waals surface area contributed by atoms with E-state index in [9.17, 15) is 19.2 Å². The molecule has 2 N–H and O–H groups in total. The van der Waals surface area contributed by atoms with E-state index < -0.39 is 30.1 Å². The highest BCUT2D eigenvalue weighted by molar-refractivity contribution is 5.78. The van der Waals surface area contributed by atoms with Gasteiger partial charge in [-0.1, -0.05) is 54.5 Å². The number of carbonyl (C=O) groups excluding carboxylic acids is 4. The van der Waals surface area contributed by atoms with Crippen molar-refractivity contribution in [1.82, 2.24) is 0 Å². The zero-order chi connectivity index (χ0) is 28.3. The summed E-state index contributed by atoms with van der Waals surface area (Å²) in [5.74, 6) is -1.65. The molecule has 1 unspecified atom stereocenters. The Labute approximate surface area is 220 Å². The summed E-state index contributed by atoms with van der Waals surface area (Å²) in [5, 5.41) is 0. The summed E-state index contributed by atoms with van der Waals surface area (Å²) in [7, 11) is 0. The number of rotatable bonds is 14. The number of benzene rings is 1. The van der Waals surface area contributed by atoms with Gasteiger partial charge in [0, 0.05) is 12.8 Å². The molecular formula is C28H43NO8. The van der Waals surface area contributed by atoms with Crippen molar-refractivity contribution in [2.45, 2.75) is 86.8 Å². The van der Waals surface area contributed by atoms with Crippen LogP contribution in [0.25, 0.3) is 0 Å². The largest absolute Gasteiger partial charge is 0.462 e. The van der Waals surface area contributed by atoms with E-state index in [0.29, 0.717) is 5.56 Å². The van der Waals surface area contributed by atoms with Crippen LogP contribution in [0.15, 0.2) is 18.2 Å². The Kier molecular flexibility index (Phi) is 13.3. The molecule has 0 radical (unpaired) electrons. The number of nitrogens with two attached hydrogens (primary N) is 1. The second-order valence-corrected chi connectivity index (χ2v) is 10.6. The van der Waals surface area contributed by atoms with Crippen molar-refractivity contribution in [3.63, 3.8) is 0 Å². The molecule has 0 aromatic heterocycles. The zero-order valence-electron chi connectivity index (χ0n) is 23.4. The van der Waals surface area contributed by atoms with Crippen LogP contribution in [-0.2, 0) is 35.1 Å². The second kappa shape index (κ2) is 15.3. The third kappa shape index (κ3) is 12.2. The number of hydrogen-bond acceptors (Lipinski definition) is 9. The Morgan fingerprint density at radius 3 is 1.84 bits per heavy atom. The Balaban J connectivity index is 2.86. The third-order valence-corrected chi connectivity index (χ3v) is 5.51. The van der Waals surface area contributed by atoms with Gasteiger partial charge in [-0.05, 0) is 48.8 Å². The van der Waals surface area contributed by atoms with E-state index in [0.717, 1.165) is 0 Å².